The molecule has 0 unspecified atom stereocenters. The summed E-state index contributed by atoms with van der Waals surface area (Å²) in [6.45, 7) is 3.94. The first-order valence-corrected chi connectivity index (χ1v) is 5.60. The molecule has 88 valence electrons. The van der Waals surface area contributed by atoms with Gasteiger partial charge in [0, 0.05) is 11.2 Å². The minimum Gasteiger partial charge on any atom is -0.320 e. The predicted octanol–water partition coefficient (Wildman–Crippen LogP) is 2.05. The normalized spacial score (nSPS) is 14.2. The molecule has 0 aliphatic heterocycles. The average molecular weight is 242 g/mol. The Morgan fingerprint density at radius 1 is 1.69 bits per heavy atom. The third kappa shape index (κ3) is 3.47. The molecule has 5 heteroatoms. The molecule has 1 aromatic heterocycles. The summed E-state index contributed by atoms with van der Waals surface area (Å²) in [7, 11) is 0. The van der Waals surface area contributed by atoms with Gasteiger partial charge in [-0.15, -0.1) is 0 Å². The molecule has 0 aliphatic rings. The van der Waals surface area contributed by atoms with E-state index in [1.807, 2.05) is 13.8 Å². The van der Waals surface area contributed by atoms with E-state index >= 15 is 0 Å². The lowest BCUT2D eigenvalue weighted by molar-refractivity contribution is -0.118. The number of rotatable bonds is 4. The zero-order valence-corrected chi connectivity index (χ0v) is 10.2. The van der Waals surface area contributed by atoms with Gasteiger partial charge >= 0.3 is 0 Å². The van der Waals surface area contributed by atoms with Crippen LogP contribution in [0, 0.1) is 5.92 Å². The number of anilines is 1. The highest BCUT2D eigenvalue weighted by Crippen LogP contribution is 2.13. The van der Waals surface area contributed by atoms with Crippen LogP contribution in [-0.4, -0.2) is 16.9 Å². The summed E-state index contributed by atoms with van der Waals surface area (Å²) < 4.78 is 0. The molecule has 16 heavy (non-hydrogen) atoms. The third-order valence-corrected chi connectivity index (χ3v) is 2.77. The number of nitrogens with one attached hydrogen (secondary N) is 1. The summed E-state index contributed by atoms with van der Waals surface area (Å²) in [5.41, 5.74) is 5.78. The number of amides is 1. The molecule has 1 heterocycles. The standard InChI is InChI=1S/C11H16ClN3O/c1-3-7(2)10(13)11(16)15-9-6-8(12)4-5-14-9/h4-7,10H,3,13H2,1-2H3,(H,14,15,16)/t7-,10-/m0/s1. The molecule has 4 nitrogen and oxygen atoms in total. The van der Waals surface area contributed by atoms with Crippen LogP contribution in [0.15, 0.2) is 18.3 Å². The summed E-state index contributed by atoms with van der Waals surface area (Å²) >= 11 is 5.78. The number of pyridine rings is 1. The van der Waals surface area contributed by atoms with Crippen molar-refractivity contribution >= 4 is 23.3 Å². The van der Waals surface area contributed by atoms with Gasteiger partial charge < -0.3 is 11.1 Å². The van der Waals surface area contributed by atoms with Crippen molar-refractivity contribution in [3.05, 3.63) is 23.4 Å². The number of hydrogen-bond donors (Lipinski definition) is 2. The molecule has 3 N–H and O–H groups in total. The van der Waals surface area contributed by atoms with E-state index in [9.17, 15) is 4.79 Å². The summed E-state index contributed by atoms with van der Waals surface area (Å²) in [6, 6.07) is 2.71. The lowest BCUT2D eigenvalue weighted by atomic mass is 9.99. The number of halogens is 1. The molecule has 0 fully saturated rings. The number of nitrogens with two attached hydrogens (primary N) is 1. The van der Waals surface area contributed by atoms with Crippen LogP contribution in [0.3, 0.4) is 0 Å². The van der Waals surface area contributed by atoms with Crippen molar-refractivity contribution in [3.63, 3.8) is 0 Å². The SMILES string of the molecule is CC[C@H](C)[C@H](N)C(=O)Nc1cc(Cl)ccn1. The monoisotopic (exact) mass is 241 g/mol. The van der Waals surface area contributed by atoms with Crippen LogP contribution in [0.5, 0.6) is 0 Å². The Kier molecular flexibility index (Phi) is 4.71. The predicted molar refractivity (Wildman–Crippen MR) is 65.3 cm³/mol. The summed E-state index contributed by atoms with van der Waals surface area (Å²) in [6.07, 6.45) is 2.39. The van der Waals surface area contributed by atoms with Gasteiger partial charge in [0.15, 0.2) is 0 Å². The molecule has 1 rings (SSSR count). The molecule has 0 aromatic carbocycles. The minimum atomic E-state index is -0.522. The Labute approximate surface area is 100 Å². The van der Waals surface area contributed by atoms with Crippen LogP contribution in [0.25, 0.3) is 0 Å². The van der Waals surface area contributed by atoms with Gasteiger partial charge in [0.25, 0.3) is 0 Å². The van der Waals surface area contributed by atoms with Crippen LogP contribution < -0.4 is 11.1 Å². The Morgan fingerprint density at radius 2 is 2.38 bits per heavy atom. The molecule has 2 atom stereocenters. The van der Waals surface area contributed by atoms with Crippen LogP contribution in [0.4, 0.5) is 5.82 Å². The van der Waals surface area contributed by atoms with E-state index in [1.165, 1.54) is 6.20 Å². The van der Waals surface area contributed by atoms with E-state index in [0.717, 1.165) is 6.42 Å². The second-order valence-corrected chi connectivity index (χ2v) is 4.20. The summed E-state index contributed by atoms with van der Waals surface area (Å²) in [4.78, 5) is 15.7. The second-order valence-electron chi connectivity index (χ2n) is 3.76. The van der Waals surface area contributed by atoms with Crippen molar-refractivity contribution in [2.24, 2.45) is 11.7 Å². The summed E-state index contributed by atoms with van der Waals surface area (Å²) in [5.74, 6) is 0.333. The number of carbonyl (C=O) groups excluding carboxylic acids is 1. The fraction of sp³-hybridized carbons (Fsp3) is 0.455. The number of hydrogen-bond acceptors (Lipinski definition) is 3. The van der Waals surface area contributed by atoms with Gasteiger partial charge in [-0.1, -0.05) is 31.9 Å². The maximum atomic E-state index is 11.7. The zero-order valence-electron chi connectivity index (χ0n) is 9.40. The second kappa shape index (κ2) is 5.82. The van der Waals surface area contributed by atoms with Crippen LogP contribution >= 0.6 is 11.6 Å². The first-order chi connectivity index (χ1) is 7.54. The summed E-state index contributed by atoms with van der Waals surface area (Å²) in [5, 5.41) is 3.17. The fourth-order valence-corrected chi connectivity index (χ4v) is 1.35. The number of carbonyl (C=O) groups is 1. The highest BCUT2D eigenvalue weighted by atomic mass is 35.5. The van der Waals surface area contributed by atoms with Gasteiger partial charge in [-0.3, -0.25) is 4.79 Å². The fourth-order valence-electron chi connectivity index (χ4n) is 1.20. The highest BCUT2D eigenvalue weighted by Gasteiger charge is 2.19. The average Bonchev–Trinajstić information content (AvgIpc) is 2.27. The first kappa shape index (κ1) is 12.9. The molecular formula is C11H16ClN3O. The van der Waals surface area contributed by atoms with Gasteiger partial charge in [0.05, 0.1) is 6.04 Å². The van der Waals surface area contributed by atoms with E-state index in [2.05, 4.69) is 10.3 Å². The van der Waals surface area contributed by atoms with Crippen molar-refractivity contribution < 1.29 is 4.79 Å². The molecular weight excluding hydrogens is 226 g/mol. The van der Waals surface area contributed by atoms with Crippen LogP contribution in [0.2, 0.25) is 5.02 Å². The maximum absolute atomic E-state index is 11.7. The quantitative estimate of drug-likeness (QED) is 0.848. The van der Waals surface area contributed by atoms with E-state index in [4.69, 9.17) is 17.3 Å². The first-order valence-electron chi connectivity index (χ1n) is 5.22. The molecule has 0 saturated carbocycles. The minimum absolute atomic E-state index is 0.138. The largest absolute Gasteiger partial charge is 0.320 e. The van der Waals surface area contributed by atoms with Gasteiger partial charge in [-0.2, -0.15) is 0 Å². The molecule has 0 bridgehead atoms. The molecule has 0 spiro atoms. The Balaban J connectivity index is 2.64. The Bertz CT molecular complexity index is 370. The zero-order chi connectivity index (χ0) is 12.1. The lowest BCUT2D eigenvalue weighted by Gasteiger charge is -2.17. The maximum Gasteiger partial charge on any atom is 0.242 e. The van der Waals surface area contributed by atoms with Gasteiger partial charge in [0.1, 0.15) is 5.82 Å². The molecule has 1 amide bonds. The topological polar surface area (TPSA) is 68.0 Å². The molecule has 1 aromatic rings. The highest BCUT2D eigenvalue weighted by molar-refractivity contribution is 6.30. The van der Waals surface area contributed by atoms with Gasteiger partial charge in [-0.05, 0) is 18.1 Å². The van der Waals surface area contributed by atoms with Crippen molar-refractivity contribution in [2.75, 3.05) is 5.32 Å². The van der Waals surface area contributed by atoms with Crippen molar-refractivity contribution in [3.8, 4) is 0 Å². The van der Waals surface area contributed by atoms with Crippen molar-refractivity contribution in [1.29, 1.82) is 0 Å². The Morgan fingerprint density at radius 3 is 2.94 bits per heavy atom. The van der Waals surface area contributed by atoms with Crippen molar-refractivity contribution in [1.82, 2.24) is 4.98 Å². The third-order valence-electron chi connectivity index (χ3n) is 2.53. The Hall–Kier alpha value is -1.13. The molecule has 0 aliphatic carbocycles. The van der Waals surface area contributed by atoms with E-state index in [0.29, 0.717) is 10.8 Å². The van der Waals surface area contributed by atoms with Crippen LogP contribution in [0.1, 0.15) is 20.3 Å². The number of aromatic nitrogens is 1. The van der Waals surface area contributed by atoms with E-state index in [-0.39, 0.29) is 11.8 Å². The van der Waals surface area contributed by atoms with Crippen LogP contribution in [-0.2, 0) is 4.79 Å². The van der Waals surface area contributed by atoms with Gasteiger partial charge in [-0.25, -0.2) is 4.98 Å². The lowest BCUT2D eigenvalue weighted by Crippen LogP contribution is -2.40. The van der Waals surface area contributed by atoms with E-state index in [1.54, 1.807) is 12.1 Å². The van der Waals surface area contributed by atoms with E-state index < -0.39 is 6.04 Å². The van der Waals surface area contributed by atoms with Crippen molar-refractivity contribution in [2.45, 2.75) is 26.3 Å². The number of nitrogens with zero attached hydrogens (tertiary/aromatic N) is 1. The molecule has 0 radical (unpaired) electrons. The smallest absolute Gasteiger partial charge is 0.242 e. The molecule has 0 saturated heterocycles. The van der Waals surface area contributed by atoms with Gasteiger partial charge in [0.2, 0.25) is 5.91 Å².